The number of piperidine rings is 1. The van der Waals surface area contributed by atoms with Crippen molar-refractivity contribution in [3.63, 3.8) is 0 Å². The first-order chi connectivity index (χ1) is 9.76. The SMILES string of the molecule is COc1ccc2c(c1C)C[C@H]1NCC[C@@]23CCCC[C@@H]13. The fraction of sp³-hybridized carbons (Fsp3) is 0.667. The zero-order valence-corrected chi connectivity index (χ0v) is 12.7. The first-order valence-electron chi connectivity index (χ1n) is 8.16. The second kappa shape index (κ2) is 4.49. The van der Waals surface area contributed by atoms with Crippen molar-refractivity contribution in [2.45, 2.75) is 56.9 Å². The molecule has 2 bridgehead atoms. The van der Waals surface area contributed by atoms with Gasteiger partial charge in [0.05, 0.1) is 7.11 Å². The van der Waals surface area contributed by atoms with Gasteiger partial charge in [-0.05, 0) is 67.8 Å². The van der Waals surface area contributed by atoms with E-state index >= 15 is 0 Å². The molecule has 0 radical (unpaired) electrons. The van der Waals surface area contributed by atoms with Crippen molar-refractivity contribution < 1.29 is 4.74 Å². The molecule has 3 aliphatic rings. The standard InChI is InChI=1S/C18H25NO/c1-12-13-11-16-15-5-3-4-8-18(15,9-10-19-16)14(13)6-7-17(12)20-2/h6-7,15-16,19H,3-5,8-11H2,1-2H3/t15-,16+,18-/m0/s1. The highest BCUT2D eigenvalue weighted by molar-refractivity contribution is 5.51. The number of hydrogen-bond acceptors (Lipinski definition) is 2. The van der Waals surface area contributed by atoms with E-state index in [1.54, 1.807) is 18.2 Å². The van der Waals surface area contributed by atoms with E-state index in [4.69, 9.17) is 4.74 Å². The number of methoxy groups -OCH3 is 1. The van der Waals surface area contributed by atoms with Crippen molar-refractivity contribution in [2.24, 2.45) is 5.92 Å². The van der Waals surface area contributed by atoms with Crippen LogP contribution in [-0.2, 0) is 11.8 Å². The first kappa shape index (κ1) is 12.7. The molecule has 20 heavy (non-hydrogen) atoms. The van der Waals surface area contributed by atoms with E-state index < -0.39 is 0 Å². The van der Waals surface area contributed by atoms with Crippen molar-refractivity contribution in [3.8, 4) is 5.75 Å². The minimum Gasteiger partial charge on any atom is -0.496 e. The number of nitrogens with one attached hydrogen (secondary N) is 1. The lowest BCUT2D eigenvalue weighted by atomic mass is 9.52. The van der Waals surface area contributed by atoms with Gasteiger partial charge in [-0.25, -0.2) is 0 Å². The molecule has 0 spiro atoms. The highest BCUT2D eigenvalue weighted by atomic mass is 16.5. The summed E-state index contributed by atoms with van der Waals surface area (Å²) in [4.78, 5) is 0. The summed E-state index contributed by atoms with van der Waals surface area (Å²) >= 11 is 0. The maximum atomic E-state index is 5.55. The number of rotatable bonds is 1. The summed E-state index contributed by atoms with van der Waals surface area (Å²) in [5, 5.41) is 3.81. The second-order valence-corrected chi connectivity index (χ2v) is 6.94. The molecular weight excluding hydrogens is 246 g/mol. The summed E-state index contributed by atoms with van der Waals surface area (Å²) in [5.41, 5.74) is 5.10. The molecule has 0 aromatic heterocycles. The van der Waals surface area contributed by atoms with Crippen LogP contribution >= 0.6 is 0 Å². The van der Waals surface area contributed by atoms with Gasteiger partial charge >= 0.3 is 0 Å². The van der Waals surface area contributed by atoms with Crippen LogP contribution in [0.1, 0.15) is 48.8 Å². The third kappa shape index (κ3) is 1.54. The Morgan fingerprint density at radius 3 is 3.00 bits per heavy atom. The van der Waals surface area contributed by atoms with Gasteiger partial charge in [-0.1, -0.05) is 18.9 Å². The molecule has 0 amide bonds. The summed E-state index contributed by atoms with van der Waals surface area (Å²) in [6.45, 7) is 3.44. The minimum atomic E-state index is 0.471. The second-order valence-electron chi connectivity index (χ2n) is 6.94. The van der Waals surface area contributed by atoms with Gasteiger partial charge in [0.25, 0.3) is 0 Å². The summed E-state index contributed by atoms with van der Waals surface area (Å²) in [5.74, 6) is 1.93. The molecule has 2 fully saturated rings. The van der Waals surface area contributed by atoms with E-state index in [-0.39, 0.29) is 0 Å². The van der Waals surface area contributed by atoms with E-state index in [9.17, 15) is 0 Å². The Hall–Kier alpha value is -1.02. The number of ether oxygens (including phenoxy) is 1. The summed E-state index contributed by atoms with van der Waals surface area (Å²) in [6.07, 6.45) is 8.18. The van der Waals surface area contributed by atoms with Crippen LogP contribution in [0.25, 0.3) is 0 Å². The number of benzene rings is 1. The lowest BCUT2D eigenvalue weighted by Gasteiger charge is -2.56. The Morgan fingerprint density at radius 1 is 1.25 bits per heavy atom. The normalized spacial score (nSPS) is 35.1. The van der Waals surface area contributed by atoms with Crippen LogP contribution in [0.2, 0.25) is 0 Å². The maximum Gasteiger partial charge on any atom is 0.122 e. The fourth-order valence-electron chi connectivity index (χ4n) is 5.38. The van der Waals surface area contributed by atoms with Crippen LogP contribution in [0.3, 0.4) is 0 Å². The average molecular weight is 271 g/mol. The van der Waals surface area contributed by atoms with Crippen LogP contribution in [0.5, 0.6) is 5.75 Å². The third-order valence-corrected chi connectivity index (χ3v) is 6.29. The molecule has 1 saturated heterocycles. The van der Waals surface area contributed by atoms with Crippen molar-refractivity contribution in [1.82, 2.24) is 5.32 Å². The molecule has 1 aromatic carbocycles. The molecule has 4 rings (SSSR count). The Morgan fingerprint density at radius 2 is 2.15 bits per heavy atom. The van der Waals surface area contributed by atoms with E-state index in [1.165, 1.54) is 50.6 Å². The van der Waals surface area contributed by atoms with Gasteiger partial charge in [0.2, 0.25) is 0 Å². The third-order valence-electron chi connectivity index (χ3n) is 6.29. The predicted octanol–water partition coefficient (Wildman–Crippen LogP) is 3.35. The predicted molar refractivity (Wildman–Crippen MR) is 81.5 cm³/mol. The quantitative estimate of drug-likeness (QED) is 0.846. The van der Waals surface area contributed by atoms with Crippen LogP contribution in [0.15, 0.2) is 12.1 Å². The molecule has 1 heterocycles. The highest BCUT2D eigenvalue weighted by Crippen LogP contribution is 2.54. The van der Waals surface area contributed by atoms with E-state index in [1.807, 2.05) is 0 Å². The Labute approximate surface area is 121 Å². The molecular formula is C18H25NO. The first-order valence-corrected chi connectivity index (χ1v) is 8.16. The van der Waals surface area contributed by atoms with Crippen LogP contribution in [0.4, 0.5) is 0 Å². The van der Waals surface area contributed by atoms with Crippen molar-refractivity contribution in [3.05, 3.63) is 28.8 Å². The molecule has 3 atom stereocenters. The lowest BCUT2D eigenvalue weighted by molar-refractivity contribution is 0.0794. The van der Waals surface area contributed by atoms with Crippen LogP contribution in [-0.4, -0.2) is 19.7 Å². The van der Waals surface area contributed by atoms with E-state index in [0.29, 0.717) is 11.5 Å². The Bertz CT molecular complexity index is 534. The van der Waals surface area contributed by atoms with E-state index in [2.05, 4.69) is 24.4 Å². The largest absolute Gasteiger partial charge is 0.496 e. The van der Waals surface area contributed by atoms with Crippen molar-refractivity contribution >= 4 is 0 Å². The Balaban J connectivity index is 1.91. The van der Waals surface area contributed by atoms with Gasteiger partial charge < -0.3 is 10.1 Å². The molecule has 2 nitrogen and oxygen atoms in total. The molecule has 1 aromatic rings. The summed E-state index contributed by atoms with van der Waals surface area (Å²) in [7, 11) is 1.79. The lowest BCUT2D eigenvalue weighted by Crippen LogP contribution is -2.59. The van der Waals surface area contributed by atoms with Gasteiger partial charge in [0.1, 0.15) is 5.75 Å². The molecule has 0 unspecified atom stereocenters. The molecule has 1 aliphatic heterocycles. The average Bonchev–Trinajstić information content (AvgIpc) is 2.48. The van der Waals surface area contributed by atoms with Crippen LogP contribution < -0.4 is 10.1 Å². The topological polar surface area (TPSA) is 21.3 Å². The van der Waals surface area contributed by atoms with Gasteiger partial charge in [-0.15, -0.1) is 0 Å². The molecule has 2 heteroatoms. The van der Waals surface area contributed by atoms with Gasteiger partial charge in [0, 0.05) is 11.5 Å². The van der Waals surface area contributed by atoms with Gasteiger partial charge in [-0.2, -0.15) is 0 Å². The molecule has 2 aliphatic carbocycles. The minimum absolute atomic E-state index is 0.471. The maximum absolute atomic E-state index is 5.55. The number of hydrogen-bond donors (Lipinski definition) is 1. The van der Waals surface area contributed by atoms with Gasteiger partial charge in [-0.3, -0.25) is 0 Å². The van der Waals surface area contributed by atoms with E-state index in [0.717, 1.165) is 11.7 Å². The molecule has 1 saturated carbocycles. The van der Waals surface area contributed by atoms with Crippen molar-refractivity contribution in [2.75, 3.05) is 13.7 Å². The smallest absolute Gasteiger partial charge is 0.122 e. The number of fused-ring (bicyclic) bond motifs is 1. The highest BCUT2D eigenvalue weighted by Gasteiger charge is 2.51. The zero-order chi connectivity index (χ0) is 13.7. The zero-order valence-electron chi connectivity index (χ0n) is 12.7. The summed E-state index contributed by atoms with van der Waals surface area (Å²) in [6, 6.07) is 5.29. The monoisotopic (exact) mass is 271 g/mol. The fourth-order valence-corrected chi connectivity index (χ4v) is 5.38. The molecule has 1 N–H and O–H groups in total. The Kier molecular flexibility index (Phi) is 2.85. The summed E-state index contributed by atoms with van der Waals surface area (Å²) < 4.78 is 5.55. The van der Waals surface area contributed by atoms with Gasteiger partial charge in [0.15, 0.2) is 0 Å². The van der Waals surface area contributed by atoms with Crippen molar-refractivity contribution in [1.29, 1.82) is 0 Å². The van der Waals surface area contributed by atoms with Crippen LogP contribution in [0, 0.1) is 12.8 Å². The molecule has 108 valence electrons.